The molecule has 2 aromatic rings. The van der Waals surface area contributed by atoms with Crippen molar-refractivity contribution in [3.05, 3.63) is 24.0 Å². The highest BCUT2D eigenvalue weighted by atomic mass is 32.2. The quantitative estimate of drug-likeness (QED) is 0.848. The number of carbonyl (C=O) groups excluding carboxylic acids is 1. The van der Waals surface area contributed by atoms with Crippen molar-refractivity contribution >= 4 is 28.7 Å². The lowest BCUT2D eigenvalue weighted by Crippen LogP contribution is -2.25. The van der Waals surface area contributed by atoms with Crippen LogP contribution in [0.3, 0.4) is 0 Å². The van der Waals surface area contributed by atoms with Gasteiger partial charge in [-0.1, -0.05) is 6.92 Å². The minimum atomic E-state index is 0.0323. The van der Waals surface area contributed by atoms with E-state index in [4.69, 9.17) is 4.74 Å². The number of nitrogens with one attached hydrogen (secondary N) is 2. The number of nitrogens with zero attached hydrogens (tertiary/aromatic N) is 1. The van der Waals surface area contributed by atoms with Gasteiger partial charge < -0.3 is 15.0 Å². The maximum absolute atomic E-state index is 11.5. The summed E-state index contributed by atoms with van der Waals surface area (Å²) in [6.45, 7) is 2.45. The highest BCUT2D eigenvalue weighted by Gasteiger charge is 2.06. The predicted octanol–water partition coefficient (Wildman–Crippen LogP) is 1.94. The SMILES string of the molecule is CCSCC(=O)NCc1nc2ccc(OC)cc2[nH]1. The number of thioether (sulfide) groups is 1. The number of H-pyrrole nitrogens is 1. The third-order valence-electron chi connectivity index (χ3n) is 2.63. The molecule has 0 aliphatic rings. The first-order valence-electron chi connectivity index (χ1n) is 6.10. The Bertz CT molecular complexity index is 568. The summed E-state index contributed by atoms with van der Waals surface area (Å²) >= 11 is 1.60. The standard InChI is InChI=1S/C13H17N3O2S/c1-3-19-8-13(17)14-7-12-15-10-5-4-9(18-2)6-11(10)16-12/h4-6H,3,7-8H2,1-2H3,(H,14,17)(H,15,16). The number of aromatic amines is 1. The fourth-order valence-electron chi connectivity index (χ4n) is 1.68. The van der Waals surface area contributed by atoms with Gasteiger partial charge in [0.2, 0.25) is 5.91 Å². The number of benzene rings is 1. The van der Waals surface area contributed by atoms with E-state index in [0.29, 0.717) is 12.3 Å². The Balaban J connectivity index is 1.99. The van der Waals surface area contributed by atoms with Gasteiger partial charge in [0.15, 0.2) is 0 Å². The molecule has 0 unspecified atom stereocenters. The first kappa shape index (κ1) is 13.7. The second-order valence-electron chi connectivity index (χ2n) is 3.98. The molecule has 0 aliphatic heterocycles. The van der Waals surface area contributed by atoms with Crippen LogP contribution in [-0.4, -0.2) is 34.5 Å². The molecule has 5 nitrogen and oxygen atoms in total. The van der Waals surface area contributed by atoms with Crippen molar-refractivity contribution in [1.29, 1.82) is 0 Å². The van der Waals surface area contributed by atoms with Gasteiger partial charge in [-0.3, -0.25) is 4.79 Å². The van der Waals surface area contributed by atoms with E-state index in [1.54, 1.807) is 18.9 Å². The van der Waals surface area contributed by atoms with Crippen LogP contribution in [0.25, 0.3) is 11.0 Å². The number of carbonyl (C=O) groups is 1. The maximum Gasteiger partial charge on any atom is 0.230 e. The van der Waals surface area contributed by atoms with Crippen LogP contribution in [0.2, 0.25) is 0 Å². The van der Waals surface area contributed by atoms with E-state index in [1.165, 1.54) is 0 Å². The van der Waals surface area contributed by atoms with Gasteiger partial charge in [0, 0.05) is 6.07 Å². The van der Waals surface area contributed by atoms with Crippen LogP contribution in [0.5, 0.6) is 5.75 Å². The number of hydrogen-bond donors (Lipinski definition) is 2. The number of amides is 1. The summed E-state index contributed by atoms with van der Waals surface area (Å²) in [5, 5.41) is 2.84. The van der Waals surface area contributed by atoms with Crippen molar-refractivity contribution in [2.75, 3.05) is 18.6 Å². The van der Waals surface area contributed by atoms with Gasteiger partial charge in [0.05, 0.1) is 30.4 Å². The molecule has 102 valence electrons. The summed E-state index contributed by atoms with van der Waals surface area (Å²) in [5.74, 6) is 3.00. The molecule has 2 N–H and O–H groups in total. The lowest BCUT2D eigenvalue weighted by Gasteiger charge is -2.01. The monoisotopic (exact) mass is 279 g/mol. The third-order valence-corrected chi connectivity index (χ3v) is 3.50. The van der Waals surface area contributed by atoms with Crippen LogP contribution in [0.4, 0.5) is 0 Å². The molecule has 0 saturated heterocycles. The Kier molecular flexibility index (Phi) is 4.68. The largest absolute Gasteiger partial charge is 0.497 e. The molecular weight excluding hydrogens is 262 g/mol. The Morgan fingerprint density at radius 1 is 1.53 bits per heavy atom. The van der Waals surface area contributed by atoms with Crippen molar-refractivity contribution in [3.63, 3.8) is 0 Å². The molecule has 0 bridgehead atoms. The molecule has 0 radical (unpaired) electrons. The molecule has 0 spiro atoms. The van der Waals surface area contributed by atoms with Gasteiger partial charge in [-0.2, -0.15) is 11.8 Å². The van der Waals surface area contributed by atoms with Crippen molar-refractivity contribution in [2.24, 2.45) is 0 Å². The minimum Gasteiger partial charge on any atom is -0.497 e. The van der Waals surface area contributed by atoms with Gasteiger partial charge in [-0.15, -0.1) is 0 Å². The van der Waals surface area contributed by atoms with Crippen molar-refractivity contribution in [1.82, 2.24) is 15.3 Å². The molecule has 1 amide bonds. The minimum absolute atomic E-state index is 0.0323. The Morgan fingerprint density at radius 3 is 3.11 bits per heavy atom. The Labute approximate surface area is 116 Å². The van der Waals surface area contributed by atoms with Crippen LogP contribution < -0.4 is 10.1 Å². The number of hydrogen-bond acceptors (Lipinski definition) is 4. The summed E-state index contributed by atoms with van der Waals surface area (Å²) in [4.78, 5) is 19.1. The normalized spacial score (nSPS) is 10.6. The van der Waals surface area contributed by atoms with Gasteiger partial charge in [0.1, 0.15) is 11.6 Å². The van der Waals surface area contributed by atoms with E-state index >= 15 is 0 Å². The maximum atomic E-state index is 11.5. The summed E-state index contributed by atoms with van der Waals surface area (Å²) in [6, 6.07) is 5.65. The summed E-state index contributed by atoms with van der Waals surface area (Å²) < 4.78 is 5.15. The highest BCUT2D eigenvalue weighted by Crippen LogP contribution is 2.18. The topological polar surface area (TPSA) is 67.0 Å². The van der Waals surface area contributed by atoms with Crippen LogP contribution in [-0.2, 0) is 11.3 Å². The number of ether oxygens (including phenoxy) is 1. The molecule has 19 heavy (non-hydrogen) atoms. The zero-order valence-electron chi connectivity index (χ0n) is 11.0. The average molecular weight is 279 g/mol. The molecule has 0 aliphatic carbocycles. The van der Waals surface area contributed by atoms with Gasteiger partial charge >= 0.3 is 0 Å². The third kappa shape index (κ3) is 3.64. The van der Waals surface area contributed by atoms with Crippen molar-refractivity contribution < 1.29 is 9.53 Å². The number of rotatable bonds is 6. The Hall–Kier alpha value is -1.69. The smallest absolute Gasteiger partial charge is 0.230 e. The molecule has 1 aromatic heterocycles. The first-order chi connectivity index (χ1) is 9.22. The Morgan fingerprint density at radius 2 is 2.37 bits per heavy atom. The molecule has 0 atom stereocenters. The molecule has 1 aromatic carbocycles. The van der Waals surface area contributed by atoms with E-state index in [2.05, 4.69) is 15.3 Å². The van der Waals surface area contributed by atoms with E-state index < -0.39 is 0 Å². The molecule has 1 heterocycles. The van der Waals surface area contributed by atoms with Crippen molar-refractivity contribution in [3.8, 4) is 5.75 Å². The van der Waals surface area contributed by atoms with E-state index in [-0.39, 0.29) is 5.91 Å². The van der Waals surface area contributed by atoms with Gasteiger partial charge in [-0.05, 0) is 17.9 Å². The lowest BCUT2D eigenvalue weighted by molar-refractivity contribution is -0.118. The number of methoxy groups -OCH3 is 1. The molecule has 2 rings (SSSR count). The average Bonchev–Trinajstić information content (AvgIpc) is 2.84. The number of imidazole rings is 1. The van der Waals surface area contributed by atoms with E-state index in [1.807, 2.05) is 25.1 Å². The lowest BCUT2D eigenvalue weighted by atomic mass is 10.3. The second-order valence-corrected chi connectivity index (χ2v) is 5.25. The number of fused-ring (bicyclic) bond motifs is 1. The van der Waals surface area contributed by atoms with Crippen LogP contribution in [0.15, 0.2) is 18.2 Å². The summed E-state index contributed by atoms with van der Waals surface area (Å²) in [7, 11) is 1.63. The molecular formula is C13H17N3O2S. The summed E-state index contributed by atoms with van der Waals surface area (Å²) in [6.07, 6.45) is 0. The summed E-state index contributed by atoms with van der Waals surface area (Å²) in [5.41, 5.74) is 1.78. The van der Waals surface area contributed by atoms with E-state index in [9.17, 15) is 4.79 Å². The molecule has 0 fully saturated rings. The van der Waals surface area contributed by atoms with Crippen LogP contribution >= 0.6 is 11.8 Å². The van der Waals surface area contributed by atoms with Gasteiger partial charge in [0.25, 0.3) is 0 Å². The first-order valence-corrected chi connectivity index (χ1v) is 7.25. The zero-order valence-corrected chi connectivity index (χ0v) is 11.8. The predicted molar refractivity (Wildman–Crippen MR) is 77.5 cm³/mol. The van der Waals surface area contributed by atoms with Crippen LogP contribution in [0, 0.1) is 0 Å². The molecule has 0 saturated carbocycles. The fourth-order valence-corrected chi connectivity index (χ4v) is 2.17. The molecule has 6 heteroatoms. The zero-order chi connectivity index (χ0) is 13.7. The van der Waals surface area contributed by atoms with Gasteiger partial charge in [-0.25, -0.2) is 4.98 Å². The van der Waals surface area contributed by atoms with Crippen LogP contribution in [0.1, 0.15) is 12.7 Å². The fraction of sp³-hybridized carbons (Fsp3) is 0.385. The second kappa shape index (κ2) is 6.47. The highest BCUT2D eigenvalue weighted by molar-refractivity contribution is 7.99. The number of aromatic nitrogens is 2. The van der Waals surface area contributed by atoms with Crippen molar-refractivity contribution in [2.45, 2.75) is 13.5 Å². The van der Waals surface area contributed by atoms with E-state index in [0.717, 1.165) is 28.4 Å².